The zero-order chi connectivity index (χ0) is 24.1. The van der Waals surface area contributed by atoms with Gasteiger partial charge in [-0.25, -0.2) is 22.8 Å². The first-order valence-electron chi connectivity index (χ1n) is 11.4. The van der Waals surface area contributed by atoms with Crippen molar-refractivity contribution in [2.75, 3.05) is 31.1 Å². The van der Waals surface area contributed by atoms with Gasteiger partial charge in [0.05, 0.1) is 0 Å². The molecule has 8 heteroatoms. The second-order valence-corrected chi connectivity index (χ2v) is 10.3. The van der Waals surface area contributed by atoms with E-state index < -0.39 is 10.0 Å². The molecule has 1 aromatic heterocycles. The Bertz CT molecular complexity index is 1280. The van der Waals surface area contributed by atoms with E-state index in [1.54, 1.807) is 12.1 Å². The molecular formula is C26H29FN4O2S. The summed E-state index contributed by atoms with van der Waals surface area (Å²) < 4.78 is 41.2. The number of halogens is 1. The Labute approximate surface area is 200 Å². The van der Waals surface area contributed by atoms with Crippen LogP contribution < -0.4 is 4.90 Å². The summed E-state index contributed by atoms with van der Waals surface area (Å²) in [5, 5.41) is 1.28. The van der Waals surface area contributed by atoms with E-state index in [2.05, 4.69) is 9.88 Å². The van der Waals surface area contributed by atoms with Crippen molar-refractivity contribution in [1.29, 1.82) is 0 Å². The molecule has 0 atom stereocenters. The van der Waals surface area contributed by atoms with Crippen molar-refractivity contribution in [2.45, 2.75) is 26.7 Å². The number of aromatic nitrogens is 2. The number of anilines is 1. The van der Waals surface area contributed by atoms with Crippen LogP contribution in [0, 0.1) is 19.7 Å². The summed E-state index contributed by atoms with van der Waals surface area (Å²) in [7, 11) is -3.54. The zero-order valence-corrected chi connectivity index (χ0v) is 20.3. The second-order valence-electron chi connectivity index (χ2n) is 8.46. The lowest BCUT2D eigenvalue weighted by Crippen LogP contribution is -2.34. The molecule has 0 N–H and O–H groups in total. The van der Waals surface area contributed by atoms with E-state index >= 15 is 0 Å². The molecule has 0 amide bonds. The van der Waals surface area contributed by atoms with E-state index in [-0.39, 0.29) is 5.82 Å². The zero-order valence-electron chi connectivity index (χ0n) is 19.5. The molecule has 3 aromatic rings. The van der Waals surface area contributed by atoms with Crippen LogP contribution in [-0.2, 0) is 16.4 Å². The molecule has 1 aliphatic heterocycles. The Balaban J connectivity index is 1.54. The first kappa shape index (κ1) is 24.0. The van der Waals surface area contributed by atoms with Gasteiger partial charge in [0.25, 0.3) is 0 Å². The maximum atomic E-state index is 13.8. The summed E-state index contributed by atoms with van der Waals surface area (Å²) in [6.07, 6.45) is 2.82. The molecule has 2 aromatic carbocycles. The van der Waals surface area contributed by atoms with Crippen LogP contribution in [0.4, 0.5) is 10.2 Å². The Morgan fingerprint density at radius 1 is 0.971 bits per heavy atom. The van der Waals surface area contributed by atoms with Gasteiger partial charge < -0.3 is 4.90 Å². The molecule has 178 valence electrons. The van der Waals surface area contributed by atoms with Crippen LogP contribution >= 0.6 is 0 Å². The van der Waals surface area contributed by atoms with Crippen molar-refractivity contribution in [3.63, 3.8) is 0 Å². The van der Waals surface area contributed by atoms with E-state index in [1.165, 1.54) is 21.8 Å². The predicted octanol–water partition coefficient (Wildman–Crippen LogP) is 4.34. The number of rotatable bonds is 6. The Morgan fingerprint density at radius 3 is 2.53 bits per heavy atom. The molecule has 1 saturated heterocycles. The van der Waals surface area contributed by atoms with Gasteiger partial charge in [-0.3, -0.25) is 0 Å². The Hall–Kier alpha value is -3.10. The minimum absolute atomic E-state index is 0.274. The maximum absolute atomic E-state index is 13.8. The van der Waals surface area contributed by atoms with Gasteiger partial charge in [-0.2, -0.15) is 4.31 Å². The first-order chi connectivity index (χ1) is 16.3. The van der Waals surface area contributed by atoms with Crippen molar-refractivity contribution in [3.8, 4) is 0 Å². The van der Waals surface area contributed by atoms with Gasteiger partial charge in [-0.15, -0.1) is 0 Å². The average Bonchev–Trinajstić information content (AvgIpc) is 3.07. The summed E-state index contributed by atoms with van der Waals surface area (Å²) in [6, 6.07) is 15.9. The van der Waals surface area contributed by atoms with Gasteiger partial charge in [0.2, 0.25) is 10.0 Å². The van der Waals surface area contributed by atoms with Crippen LogP contribution in [0.1, 0.15) is 34.6 Å². The van der Waals surface area contributed by atoms with Gasteiger partial charge in [0.15, 0.2) is 0 Å². The number of hydrogen-bond acceptors (Lipinski definition) is 5. The minimum Gasteiger partial charge on any atom is -0.355 e. The summed E-state index contributed by atoms with van der Waals surface area (Å²) in [5.41, 5.74) is 3.49. The molecule has 0 unspecified atom stereocenters. The van der Waals surface area contributed by atoms with Crippen molar-refractivity contribution >= 4 is 21.9 Å². The minimum atomic E-state index is -3.54. The van der Waals surface area contributed by atoms with Crippen LogP contribution in [0.25, 0.3) is 6.08 Å². The van der Waals surface area contributed by atoms with Crippen LogP contribution in [0.3, 0.4) is 0 Å². The number of aryl methyl sites for hydroxylation is 2. The molecule has 0 radical (unpaired) electrons. The highest BCUT2D eigenvalue weighted by Gasteiger charge is 2.25. The largest absolute Gasteiger partial charge is 0.355 e. The van der Waals surface area contributed by atoms with Crippen molar-refractivity contribution in [3.05, 3.63) is 94.0 Å². The molecule has 0 spiro atoms. The fourth-order valence-electron chi connectivity index (χ4n) is 4.21. The highest BCUT2D eigenvalue weighted by Crippen LogP contribution is 2.26. The molecule has 2 heterocycles. The van der Waals surface area contributed by atoms with Gasteiger partial charge in [0, 0.05) is 49.3 Å². The third kappa shape index (κ3) is 5.87. The Kier molecular flexibility index (Phi) is 7.38. The van der Waals surface area contributed by atoms with Crippen molar-refractivity contribution < 1.29 is 12.8 Å². The van der Waals surface area contributed by atoms with Gasteiger partial charge in [-0.05, 0) is 49.6 Å². The quantitative estimate of drug-likeness (QED) is 0.525. The molecule has 1 fully saturated rings. The van der Waals surface area contributed by atoms with E-state index in [1.807, 2.05) is 50.2 Å². The van der Waals surface area contributed by atoms with Gasteiger partial charge >= 0.3 is 0 Å². The number of benzene rings is 2. The lowest BCUT2D eigenvalue weighted by atomic mass is 10.0. The topological polar surface area (TPSA) is 66.4 Å². The lowest BCUT2D eigenvalue weighted by molar-refractivity contribution is 0.440. The standard InChI is InChI=1S/C26H29FN4O2S/c1-20-25(19-23-10-6-11-24(27)18-23)26(29-21(2)28-20)30-13-7-14-31(16-15-30)34(32,33)17-12-22-8-4-3-5-9-22/h3-6,8-12,17-18H,7,13-16,19H2,1-2H3. The monoisotopic (exact) mass is 480 g/mol. The third-order valence-electron chi connectivity index (χ3n) is 5.92. The van der Waals surface area contributed by atoms with E-state index in [0.29, 0.717) is 44.8 Å². The molecule has 0 aliphatic carbocycles. The van der Waals surface area contributed by atoms with Crippen molar-refractivity contribution in [1.82, 2.24) is 14.3 Å². The van der Waals surface area contributed by atoms with Gasteiger partial charge in [-0.1, -0.05) is 42.5 Å². The normalized spacial score (nSPS) is 15.6. The van der Waals surface area contributed by atoms with Crippen LogP contribution in [0.5, 0.6) is 0 Å². The summed E-state index contributed by atoms with van der Waals surface area (Å²) in [6.45, 7) is 5.80. The third-order valence-corrected chi connectivity index (χ3v) is 7.49. The SMILES string of the molecule is Cc1nc(C)c(Cc2cccc(F)c2)c(N2CCCN(S(=O)(=O)C=Cc3ccccc3)CC2)n1. The molecule has 34 heavy (non-hydrogen) atoms. The fraction of sp³-hybridized carbons (Fsp3) is 0.308. The van der Waals surface area contributed by atoms with E-state index in [0.717, 1.165) is 28.2 Å². The highest BCUT2D eigenvalue weighted by atomic mass is 32.2. The maximum Gasteiger partial charge on any atom is 0.236 e. The average molecular weight is 481 g/mol. The molecule has 6 nitrogen and oxygen atoms in total. The highest BCUT2D eigenvalue weighted by molar-refractivity contribution is 7.92. The van der Waals surface area contributed by atoms with Crippen molar-refractivity contribution in [2.24, 2.45) is 0 Å². The summed E-state index contributed by atoms with van der Waals surface area (Å²) in [4.78, 5) is 11.4. The number of nitrogens with zero attached hydrogens (tertiary/aromatic N) is 4. The van der Waals surface area contributed by atoms with Gasteiger partial charge in [0.1, 0.15) is 17.5 Å². The van der Waals surface area contributed by atoms with Crippen LogP contribution in [0.15, 0.2) is 60.0 Å². The Morgan fingerprint density at radius 2 is 1.76 bits per heavy atom. The molecule has 4 rings (SSSR count). The first-order valence-corrected chi connectivity index (χ1v) is 12.9. The molecule has 1 aliphatic rings. The lowest BCUT2D eigenvalue weighted by Gasteiger charge is -2.25. The molecular weight excluding hydrogens is 451 g/mol. The summed E-state index contributed by atoms with van der Waals surface area (Å²) in [5.74, 6) is 1.19. The molecule has 0 saturated carbocycles. The summed E-state index contributed by atoms with van der Waals surface area (Å²) >= 11 is 0. The van der Waals surface area contributed by atoms with Crippen LogP contribution in [0.2, 0.25) is 0 Å². The molecule has 0 bridgehead atoms. The number of sulfonamides is 1. The smallest absolute Gasteiger partial charge is 0.236 e. The fourth-order valence-corrected chi connectivity index (χ4v) is 5.43. The number of hydrogen-bond donors (Lipinski definition) is 0. The van der Waals surface area contributed by atoms with E-state index in [4.69, 9.17) is 4.98 Å². The second kappa shape index (κ2) is 10.4. The van der Waals surface area contributed by atoms with Crippen LogP contribution in [-0.4, -0.2) is 48.9 Å². The predicted molar refractivity (Wildman–Crippen MR) is 134 cm³/mol. The van der Waals surface area contributed by atoms with E-state index in [9.17, 15) is 12.8 Å².